The standard InChI is InChI=1S/C20H38O10Si2/c1-9-12-19(21)29-14-10-13-18(32(26-6,27-7)28-8)17(2)20(22)30-15-11-16-31(23-3,24-4)25-5/h9,12H,10-11,13-16H2,1-8H3. The Labute approximate surface area is 193 Å². The zero-order chi connectivity index (χ0) is 24.6. The minimum Gasteiger partial charge on any atom is -0.463 e. The highest BCUT2D eigenvalue weighted by Gasteiger charge is 2.45. The second-order valence-electron chi connectivity index (χ2n) is 6.58. The molecule has 0 rings (SSSR count). The topological polar surface area (TPSA) is 108 Å². The van der Waals surface area contributed by atoms with Crippen LogP contribution in [0.1, 0.15) is 33.1 Å². The van der Waals surface area contributed by atoms with Gasteiger partial charge in [0, 0.05) is 65.5 Å². The summed E-state index contributed by atoms with van der Waals surface area (Å²) in [4.78, 5) is 24.2. The lowest BCUT2D eigenvalue weighted by molar-refractivity contribution is -0.139. The van der Waals surface area contributed by atoms with Gasteiger partial charge in [-0.25, -0.2) is 9.59 Å². The third-order valence-electron chi connectivity index (χ3n) is 4.85. The van der Waals surface area contributed by atoms with Crippen LogP contribution in [0.3, 0.4) is 0 Å². The summed E-state index contributed by atoms with van der Waals surface area (Å²) < 4.78 is 43.4. The van der Waals surface area contributed by atoms with E-state index in [0.717, 1.165) is 0 Å². The van der Waals surface area contributed by atoms with Gasteiger partial charge in [0.1, 0.15) is 0 Å². The highest BCUT2D eigenvalue weighted by atomic mass is 28.4. The Morgan fingerprint density at radius 3 is 1.78 bits per heavy atom. The SMILES string of the molecule is CC=CC(=O)OCCCC(=C(C)C(=O)OCCC[Si](OC)(OC)OC)[Si](OC)(OC)OC. The number of esters is 2. The van der Waals surface area contributed by atoms with Crippen molar-refractivity contribution < 1.29 is 45.6 Å². The number of allylic oxidation sites excluding steroid dienone is 2. The van der Waals surface area contributed by atoms with Crippen LogP contribution in [-0.4, -0.2) is 85.4 Å². The van der Waals surface area contributed by atoms with Gasteiger partial charge in [0.05, 0.1) is 13.2 Å². The van der Waals surface area contributed by atoms with Crippen LogP contribution in [0, 0.1) is 0 Å². The smallest absolute Gasteiger partial charge is 0.463 e. The van der Waals surface area contributed by atoms with Gasteiger partial charge >= 0.3 is 29.5 Å². The summed E-state index contributed by atoms with van der Waals surface area (Å²) in [6.07, 6.45) is 4.28. The maximum Gasteiger partial charge on any atom is 0.532 e. The Bertz CT molecular complexity index is 611. The molecule has 0 aromatic rings. The summed E-state index contributed by atoms with van der Waals surface area (Å²) >= 11 is 0. The van der Waals surface area contributed by atoms with E-state index in [1.54, 1.807) is 19.9 Å². The third kappa shape index (κ3) is 9.23. The molecule has 0 bridgehead atoms. The van der Waals surface area contributed by atoms with Crippen LogP contribution in [0.5, 0.6) is 0 Å². The van der Waals surface area contributed by atoms with E-state index in [0.29, 0.717) is 36.1 Å². The normalized spacial score (nSPS) is 13.2. The lowest BCUT2D eigenvalue weighted by Gasteiger charge is -2.28. The first-order chi connectivity index (χ1) is 15.2. The Balaban J connectivity index is 5.27. The molecular weight excluding hydrogens is 456 g/mol. The van der Waals surface area contributed by atoms with Gasteiger partial charge < -0.3 is 36.0 Å². The van der Waals surface area contributed by atoms with Gasteiger partial charge in [-0.2, -0.15) is 0 Å². The van der Waals surface area contributed by atoms with E-state index in [9.17, 15) is 9.59 Å². The summed E-state index contributed by atoms with van der Waals surface area (Å²) in [5.74, 6) is -0.931. The molecule has 32 heavy (non-hydrogen) atoms. The molecule has 0 aromatic heterocycles. The highest BCUT2D eigenvalue weighted by Crippen LogP contribution is 2.26. The Morgan fingerprint density at radius 1 is 0.781 bits per heavy atom. The molecule has 10 nitrogen and oxygen atoms in total. The van der Waals surface area contributed by atoms with Crippen LogP contribution >= 0.6 is 0 Å². The molecule has 0 aliphatic carbocycles. The first kappa shape index (κ1) is 30.6. The van der Waals surface area contributed by atoms with Crippen molar-refractivity contribution in [2.24, 2.45) is 0 Å². The van der Waals surface area contributed by atoms with Gasteiger partial charge in [-0.05, 0) is 33.1 Å². The molecule has 0 heterocycles. The molecule has 12 heteroatoms. The van der Waals surface area contributed by atoms with Crippen molar-refractivity contribution in [1.29, 1.82) is 0 Å². The summed E-state index contributed by atoms with van der Waals surface area (Å²) in [5, 5.41) is 0.575. The monoisotopic (exact) mass is 494 g/mol. The number of carbonyl (C=O) groups is 2. The van der Waals surface area contributed by atoms with Crippen molar-refractivity contribution >= 4 is 29.5 Å². The zero-order valence-corrected chi connectivity index (χ0v) is 22.5. The Hall–Kier alpha value is -1.39. The van der Waals surface area contributed by atoms with Gasteiger partial charge in [-0.1, -0.05) is 6.08 Å². The van der Waals surface area contributed by atoms with Crippen molar-refractivity contribution in [2.45, 2.75) is 39.2 Å². The summed E-state index contributed by atoms with van der Waals surface area (Å²) in [5.41, 5.74) is 0.343. The number of ether oxygens (including phenoxy) is 2. The average Bonchev–Trinajstić information content (AvgIpc) is 2.81. The number of rotatable bonds is 17. The predicted octanol–water partition coefficient (Wildman–Crippen LogP) is 2.43. The maximum atomic E-state index is 12.7. The van der Waals surface area contributed by atoms with E-state index in [-0.39, 0.29) is 13.2 Å². The van der Waals surface area contributed by atoms with Crippen LogP contribution < -0.4 is 0 Å². The largest absolute Gasteiger partial charge is 0.532 e. The van der Waals surface area contributed by atoms with Gasteiger partial charge in [-0.3, -0.25) is 0 Å². The van der Waals surface area contributed by atoms with E-state index in [2.05, 4.69) is 0 Å². The van der Waals surface area contributed by atoms with E-state index < -0.39 is 29.5 Å². The third-order valence-corrected chi connectivity index (χ3v) is 10.7. The second kappa shape index (κ2) is 16.3. The van der Waals surface area contributed by atoms with E-state index in [1.165, 1.54) is 48.7 Å². The van der Waals surface area contributed by atoms with Gasteiger partial charge in [-0.15, -0.1) is 0 Å². The minimum atomic E-state index is -3.29. The Morgan fingerprint density at radius 2 is 1.31 bits per heavy atom. The molecule has 0 saturated heterocycles. The molecule has 0 aliphatic heterocycles. The zero-order valence-electron chi connectivity index (χ0n) is 20.5. The molecule has 0 N–H and O–H groups in total. The summed E-state index contributed by atoms with van der Waals surface area (Å²) in [6.45, 7) is 3.71. The Kier molecular flexibility index (Phi) is 15.6. The predicted molar refractivity (Wildman–Crippen MR) is 122 cm³/mol. The number of carbonyl (C=O) groups excluding carboxylic acids is 2. The van der Waals surface area contributed by atoms with Crippen LogP contribution in [0.4, 0.5) is 0 Å². The van der Waals surface area contributed by atoms with Crippen molar-refractivity contribution in [3.63, 3.8) is 0 Å². The molecule has 0 unspecified atom stereocenters. The quantitative estimate of drug-likeness (QED) is 0.129. The molecule has 0 aliphatic rings. The first-order valence-electron chi connectivity index (χ1n) is 10.2. The fraction of sp³-hybridized carbons (Fsp3) is 0.700. The van der Waals surface area contributed by atoms with Crippen LogP contribution in [-0.2, 0) is 45.6 Å². The lowest BCUT2D eigenvalue weighted by atomic mass is 10.2. The molecule has 0 fully saturated rings. The van der Waals surface area contributed by atoms with Crippen LogP contribution in [0.2, 0.25) is 6.04 Å². The van der Waals surface area contributed by atoms with Crippen LogP contribution in [0.15, 0.2) is 22.9 Å². The molecular formula is C20H38O10Si2. The van der Waals surface area contributed by atoms with E-state index in [1.807, 2.05) is 0 Å². The maximum absolute atomic E-state index is 12.7. The van der Waals surface area contributed by atoms with Crippen molar-refractivity contribution in [1.82, 2.24) is 0 Å². The molecule has 186 valence electrons. The second-order valence-corrected chi connectivity index (χ2v) is 12.6. The van der Waals surface area contributed by atoms with Gasteiger partial charge in [0.15, 0.2) is 0 Å². The van der Waals surface area contributed by atoms with Gasteiger partial charge in [0.25, 0.3) is 0 Å². The fourth-order valence-corrected chi connectivity index (χ4v) is 7.01. The first-order valence-corrected chi connectivity index (χ1v) is 13.9. The molecule has 0 amide bonds. The van der Waals surface area contributed by atoms with Crippen LogP contribution in [0.25, 0.3) is 0 Å². The van der Waals surface area contributed by atoms with Crippen molar-refractivity contribution in [3.8, 4) is 0 Å². The number of hydrogen-bond acceptors (Lipinski definition) is 10. The van der Waals surface area contributed by atoms with E-state index >= 15 is 0 Å². The summed E-state index contributed by atoms with van der Waals surface area (Å²) in [7, 11) is 2.98. The molecule has 0 atom stereocenters. The van der Waals surface area contributed by atoms with E-state index in [4.69, 9.17) is 36.0 Å². The number of hydrogen-bond donors (Lipinski definition) is 0. The lowest BCUT2D eigenvalue weighted by Crippen LogP contribution is -2.46. The average molecular weight is 495 g/mol. The molecule has 0 radical (unpaired) electrons. The van der Waals surface area contributed by atoms with Crippen molar-refractivity contribution in [2.75, 3.05) is 55.9 Å². The summed E-state index contributed by atoms with van der Waals surface area (Å²) in [6, 6.07) is 0.504. The molecule has 0 spiro atoms. The fourth-order valence-electron chi connectivity index (χ4n) is 3.04. The molecule has 0 saturated carbocycles. The minimum absolute atomic E-state index is 0.163. The van der Waals surface area contributed by atoms with Crippen molar-refractivity contribution in [3.05, 3.63) is 22.9 Å². The highest BCUT2D eigenvalue weighted by molar-refractivity contribution is 6.69. The van der Waals surface area contributed by atoms with Gasteiger partial charge in [0.2, 0.25) is 0 Å². The molecule has 0 aromatic carbocycles.